The molecule has 1 fully saturated rings. The van der Waals surface area contributed by atoms with Gasteiger partial charge in [0.15, 0.2) is 0 Å². The zero-order valence-corrected chi connectivity index (χ0v) is 14.2. The van der Waals surface area contributed by atoms with E-state index in [0.717, 1.165) is 23.8 Å². The molecule has 22 heavy (non-hydrogen) atoms. The third-order valence-electron chi connectivity index (χ3n) is 3.53. The first-order valence-corrected chi connectivity index (χ1v) is 7.97. The third kappa shape index (κ3) is 4.95. The molecule has 1 aliphatic rings. The molecule has 0 radical (unpaired) electrons. The number of amides is 2. The topological polar surface area (TPSA) is 35.6 Å². The molecule has 2 rings (SSSR count). The standard InChI is InChI=1S/C17H24ClN3O/c1-17(2,3)7-8-19-16(22)21-11-9-20(10-12-21)15-6-4-5-14(18)13-15/h4-8,13H,9-12H2,1-3H3,(H,19,22)/b8-7+. The summed E-state index contributed by atoms with van der Waals surface area (Å²) in [7, 11) is 0. The van der Waals surface area contributed by atoms with Gasteiger partial charge in [-0.2, -0.15) is 0 Å². The van der Waals surface area contributed by atoms with Crippen LogP contribution in [0.15, 0.2) is 36.5 Å². The van der Waals surface area contributed by atoms with Crippen molar-refractivity contribution in [2.45, 2.75) is 20.8 Å². The summed E-state index contributed by atoms with van der Waals surface area (Å²) in [6.07, 6.45) is 3.73. The van der Waals surface area contributed by atoms with Crippen LogP contribution in [-0.4, -0.2) is 37.1 Å². The lowest BCUT2D eigenvalue weighted by molar-refractivity contribution is 0.198. The first-order valence-electron chi connectivity index (χ1n) is 7.59. The molecule has 5 heteroatoms. The second kappa shape index (κ2) is 7.05. The molecule has 0 aliphatic carbocycles. The summed E-state index contributed by atoms with van der Waals surface area (Å²) < 4.78 is 0. The monoisotopic (exact) mass is 321 g/mol. The van der Waals surface area contributed by atoms with Crippen LogP contribution in [0, 0.1) is 5.41 Å². The van der Waals surface area contributed by atoms with Gasteiger partial charge in [0.05, 0.1) is 0 Å². The molecule has 1 aliphatic heterocycles. The molecule has 0 unspecified atom stereocenters. The number of nitrogens with one attached hydrogen (secondary N) is 1. The van der Waals surface area contributed by atoms with Crippen molar-refractivity contribution in [1.29, 1.82) is 0 Å². The Balaban J connectivity index is 1.84. The summed E-state index contributed by atoms with van der Waals surface area (Å²) in [6, 6.07) is 7.80. The number of carbonyl (C=O) groups excluding carboxylic acids is 1. The van der Waals surface area contributed by atoms with E-state index in [9.17, 15) is 4.79 Å². The maximum Gasteiger partial charge on any atom is 0.321 e. The lowest BCUT2D eigenvalue weighted by Crippen LogP contribution is -2.51. The maximum absolute atomic E-state index is 12.1. The summed E-state index contributed by atoms with van der Waals surface area (Å²) in [5, 5.41) is 3.58. The minimum atomic E-state index is -0.0359. The number of allylic oxidation sites excluding steroid dienone is 1. The Kier molecular flexibility index (Phi) is 5.35. The van der Waals surface area contributed by atoms with Gasteiger partial charge in [-0.25, -0.2) is 4.79 Å². The minimum absolute atomic E-state index is 0.0359. The normalized spacial score (nSPS) is 16.2. The summed E-state index contributed by atoms with van der Waals surface area (Å²) in [6.45, 7) is 9.34. The van der Waals surface area contributed by atoms with Crippen LogP contribution < -0.4 is 10.2 Å². The Morgan fingerprint density at radius 2 is 1.91 bits per heavy atom. The molecule has 1 N–H and O–H groups in total. The zero-order valence-electron chi connectivity index (χ0n) is 13.5. The summed E-state index contributed by atoms with van der Waals surface area (Å²) >= 11 is 6.03. The Labute approximate surface area is 137 Å². The van der Waals surface area contributed by atoms with Gasteiger partial charge in [-0.1, -0.05) is 44.5 Å². The van der Waals surface area contributed by atoms with Gasteiger partial charge in [0.2, 0.25) is 0 Å². The quantitative estimate of drug-likeness (QED) is 0.901. The van der Waals surface area contributed by atoms with Crippen molar-refractivity contribution in [2.75, 3.05) is 31.1 Å². The molecule has 0 saturated carbocycles. The van der Waals surface area contributed by atoms with Crippen molar-refractivity contribution in [3.05, 3.63) is 41.6 Å². The summed E-state index contributed by atoms with van der Waals surface area (Å²) in [5.41, 5.74) is 1.18. The van der Waals surface area contributed by atoms with Crippen molar-refractivity contribution in [3.63, 3.8) is 0 Å². The summed E-state index contributed by atoms with van der Waals surface area (Å²) in [5.74, 6) is 0. The molecule has 0 bridgehead atoms. The van der Waals surface area contributed by atoms with Crippen LogP contribution in [0.5, 0.6) is 0 Å². The molecule has 4 nitrogen and oxygen atoms in total. The number of rotatable bonds is 2. The Hall–Kier alpha value is -1.68. The van der Waals surface area contributed by atoms with E-state index in [-0.39, 0.29) is 11.4 Å². The van der Waals surface area contributed by atoms with E-state index in [2.05, 4.69) is 31.0 Å². The van der Waals surface area contributed by atoms with Gasteiger partial charge in [-0.3, -0.25) is 0 Å². The molecule has 1 heterocycles. The largest absolute Gasteiger partial charge is 0.368 e. The number of hydrogen-bond donors (Lipinski definition) is 1. The number of benzene rings is 1. The predicted octanol–water partition coefficient (Wildman–Crippen LogP) is 3.73. The Morgan fingerprint density at radius 3 is 2.50 bits per heavy atom. The second-order valence-electron chi connectivity index (χ2n) is 6.60. The molecule has 0 spiro atoms. The fourth-order valence-corrected chi connectivity index (χ4v) is 2.48. The highest BCUT2D eigenvalue weighted by atomic mass is 35.5. The number of nitrogens with zero attached hydrogens (tertiary/aromatic N) is 2. The Bertz CT molecular complexity index is 543. The molecule has 120 valence electrons. The van der Waals surface area contributed by atoms with Crippen LogP contribution >= 0.6 is 11.6 Å². The predicted molar refractivity (Wildman–Crippen MR) is 92.4 cm³/mol. The number of carbonyl (C=O) groups is 1. The van der Waals surface area contributed by atoms with Gasteiger partial charge in [0, 0.05) is 43.1 Å². The summed E-state index contributed by atoms with van der Waals surface area (Å²) in [4.78, 5) is 16.2. The molecular formula is C17H24ClN3O. The number of urea groups is 1. The van der Waals surface area contributed by atoms with Crippen molar-refractivity contribution < 1.29 is 4.79 Å². The molecular weight excluding hydrogens is 298 g/mol. The molecule has 1 aromatic carbocycles. The lowest BCUT2D eigenvalue weighted by Gasteiger charge is -2.36. The van der Waals surface area contributed by atoms with Gasteiger partial charge in [0.25, 0.3) is 0 Å². The minimum Gasteiger partial charge on any atom is -0.368 e. The number of piperazine rings is 1. The van der Waals surface area contributed by atoms with Crippen LogP contribution in [0.2, 0.25) is 5.02 Å². The number of halogens is 1. The van der Waals surface area contributed by atoms with E-state index < -0.39 is 0 Å². The van der Waals surface area contributed by atoms with Crippen LogP contribution in [0.1, 0.15) is 20.8 Å². The molecule has 2 amide bonds. The average Bonchev–Trinajstić information content (AvgIpc) is 2.46. The molecule has 0 atom stereocenters. The number of hydrogen-bond acceptors (Lipinski definition) is 2. The van der Waals surface area contributed by atoms with Crippen molar-refractivity contribution in [3.8, 4) is 0 Å². The molecule has 1 saturated heterocycles. The fourth-order valence-electron chi connectivity index (χ4n) is 2.29. The smallest absolute Gasteiger partial charge is 0.321 e. The van der Waals surface area contributed by atoms with Crippen LogP contribution in [0.4, 0.5) is 10.5 Å². The first-order chi connectivity index (χ1) is 10.3. The SMILES string of the molecule is CC(C)(C)/C=C/NC(=O)N1CCN(c2cccc(Cl)c2)CC1. The van der Waals surface area contributed by atoms with E-state index in [1.165, 1.54) is 0 Å². The fraction of sp³-hybridized carbons (Fsp3) is 0.471. The number of anilines is 1. The maximum atomic E-state index is 12.1. The second-order valence-corrected chi connectivity index (χ2v) is 7.04. The van der Waals surface area contributed by atoms with Gasteiger partial charge in [-0.15, -0.1) is 0 Å². The highest BCUT2D eigenvalue weighted by molar-refractivity contribution is 6.30. The van der Waals surface area contributed by atoms with Crippen molar-refractivity contribution >= 4 is 23.3 Å². The van der Waals surface area contributed by atoms with Gasteiger partial charge in [-0.05, 0) is 23.6 Å². The van der Waals surface area contributed by atoms with Gasteiger partial charge in [0.1, 0.15) is 0 Å². The Morgan fingerprint density at radius 1 is 1.23 bits per heavy atom. The third-order valence-corrected chi connectivity index (χ3v) is 3.77. The van der Waals surface area contributed by atoms with E-state index in [4.69, 9.17) is 11.6 Å². The van der Waals surface area contributed by atoms with E-state index >= 15 is 0 Å². The van der Waals surface area contributed by atoms with Crippen LogP contribution in [-0.2, 0) is 0 Å². The highest BCUT2D eigenvalue weighted by Gasteiger charge is 2.20. The van der Waals surface area contributed by atoms with Gasteiger partial charge < -0.3 is 15.1 Å². The van der Waals surface area contributed by atoms with Crippen molar-refractivity contribution in [2.24, 2.45) is 5.41 Å². The van der Waals surface area contributed by atoms with E-state index in [0.29, 0.717) is 13.1 Å². The zero-order chi connectivity index (χ0) is 16.2. The molecule has 0 aromatic heterocycles. The highest BCUT2D eigenvalue weighted by Crippen LogP contribution is 2.20. The van der Waals surface area contributed by atoms with Crippen LogP contribution in [0.25, 0.3) is 0 Å². The lowest BCUT2D eigenvalue weighted by atomic mass is 9.97. The molecule has 1 aromatic rings. The van der Waals surface area contributed by atoms with Crippen LogP contribution in [0.3, 0.4) is 0 Å². The van der Waals surface area contributed by atoms with Gasteiger partial charge >= 0.3 is 6.03 Å². The van der Waals surface area contributed by atoms with Crippen molar-refractivity contribution in [1.82, 2.24) is 10.2 Å². The van der Waals surface area contributed by atoms with E-state index in [1.807, 2.05) is 35.2 Å². The first kappa shape index (κ1) is 16.7. The average molecular weight is 322 g/mol. The van der Waals surface area contributed by atoms with E-state index in [1.54, 1.807) is 6.20 Å².